The maximum absolute atomic E-state index is 5.92. The van der Waals surface area contributed by atoms with Crippen molar-refractivity contribution in [1.29, 1.82) is 0 Å². The normalized spacial score (nSPS) is 12.7. The summed E-state index contributed by atoms with van der Waals surface area (Å²) in [6.07, 6.45) is 2.40. The van der Waals surface area contributed by atoms with E-state index in [1.165, 1.54) is 0 Å². The highest BCUT2D eigenvalue weighted by Crippen LogP contribution is 2.29. The number of methoxy groups -OCH3 is 1. The van der Waals surface area contributed by atoms with Gasteiger partial charge in [-0.05, 0) is 31.2 Å². The molecule has 4 nitrogen and oxygen atoms in total. The largest absolute Gasteiger partial charge is 0.497 e. The Labute approximate surface area is 128 Å². The Balaban J connectivity index is 2.18. The molecule has 0 radical (unpaired) electrons. The van der Waals surface area contributed by atoms with Gasteiger partial charge in [-0.1, -0.05) is 0 Å². The van der Waals surface area contributed by atoms with Crippen LogP contribution in [-0.4, -0.2) is 22.5 Å². The number of aryl methyl sites for hydroxylation is 1. The molecule has 110 valence electrons. The molecule has 0 amide bonds. The fraction of sp³-hybridized carbons (Fsp3) is 0.312. The van der Waals surface area contributed by atoms with Gasteiger partial charge in [0.25, 0.3) is 0 Å². The van der Waals surface area contributed by atoms with Crippen LogP contribution < -0.4 is 4.74 Å². The summed E-state index contributed by atoms with van der Waals surface area (Å²) in [6, 6.07) is 9.81. The van der Waals surface area contributed by atoms with Gasteiger partial charge in [-0.2, -0.15) is 0 Å². The van der Waals surface area contributed by atoms with Crippen molar-refractivity contribution in [2.75, 3.05) is 13.0 Å². The van der Waals surface area contributed by atoms with Crippen molar-refractivity contribution < 1.29 is 9.15 Å². The van der Waals surface area contributed by atoms with Crippen LogP contribution in [0.4, 0.5) is 0 Å². The lowest BCUT2D eigenvalue weighted by molar-refractivity contribution is 0.414. The standard InChI is InChI=1S/C16H17ClN2O2/c1-11(15-4-3-9-21-15)19-14-10-12(20-2)5-6-13(14)18-16(19)7-8-17/h3-6,9-11H,7-8H2,1-2H3. The van der Waals surface area contributed by atoms with Crippen LogP contribution in [0.5, 0.6) is 5.75 Å². The van der Waals surface area contributed by atoms with Gasteiger partial charge in [0.1, 0.15) is 17.3 Å². The zero-order valence-corrected chi connectivity index (χ0v) is 12.8. The Bertz CT molecular complexity index is 734. The smallest absolute Gasteiger partial charge is 0.126 e. The first-order valence-electron chi connectivity index (χ1n) is 6.89. The minimum Gasteiger partial charge on any atom is -0.497 e. The second-order valence-electron chi connectivity index (χ2n) is 4.88. The molecular weight excluding hydrogens is 288 g/mol. The summed E-state index contributed by atoms with van der Waals surface area (Å²) in [4.78, 5) is 4.69. The molecule has 2 aromatic heterocycles. The first kappa shape index (κ1) is 14.0. The molecule has 0 fully saturated rings. The van der Waals surface area contributed by atoms with Crippen LogP contribution >= 0.6 is 11.6 Å². The Kier molecular flexibility index (Phi) is 3.88. The van der Waals surface area contributed by atoms with Crippen molar-refractivity contribution in [2.24, 2.45) is 0 Å². The third kappa shape index (κ3) is 2.51. The van der Waals surface area contributed by atoms with Gasteiger partial charge in [0.05, 0.1) is 30.4 Å². The molecule has 0 aliphatic rings. The highest BCUT2D eigenvalue weighted by Gasteiger charge is 2.19. The molecule has 1 atom stereocenters. The van der Waals surface area contributed by atoms with E-state index in [-0.39, 0.29) is 6.04 Å². The van der Waals surface area contributed by atoms with Crippen LogP contribution in [0.3, 0.4) is 0 Å². The minimum atomic E-state index is 0.0512. The van der Waals surface area contributed by atoms with Crippen molar-refractivity contribution in [1.82, 2.24) is 9.55 Å². The van der Waals surface area contributed by atoms with Gasteiger partial charge in [-0.15, -0.1) is 11.6 Å². The first-order chi connectivity index (χ1) is 10.2. The molecule has 21 heavy (non-hydrogen) atoms. The van der Waals surface area contributed by atoms with Gasteiger partial charge >= 0.3 is 0 Å². The van der Waals surface area contributed by atoms with Gasteiger partial charge in [0.2, 0.25) is 0 Å². The molecule has 0 spiro atoms. The molecule has 3 aromatic rings. The summed E-state index contributed by atoms with van der Waals surface area (Å²) in [6.45, 7) is 2.09. The van der Waals surface area contributed by atoms with Crippen molar-refractivity contribution >= 4 is 22.6 Å². The van der Waals surface area contributed by atoms with Crippen molar-refractivity contribution in [3.63, 3.8) is 0 Å². The maximum atomic E-state index is 5.92. The number of hydrogen-bond donors (Lipinski definition) is 0. The van der Waals surface area contributed by atoms with Gasteiger partial charge in [0, 0.05) is 18.4 Å². The molecule has 3 rings (SSSR count). The molecule has 0 N–H and O–H groups in total. The number of halogens is 1. The number of fused-ring (bicyclic) bond motifs is 1. The van der Waals surface area contributed by atoms with Crippen LogP contribution in [0.15, 0.2) is 41.0 Å². The molecule has 0 saturated carbocycles. The average molecular weight is 305 g/mol. The second kappa shape index (κ2) is 5.82. The lowest BCUT2D eigenvalue weighted by atomic mass is 10.2. The van der Waals surface area contributed by atoms with E-state index in [2.05, 4.69) is 11.5 Å². The molecule has 1 aromatic carbocycles. The average Bonchev–Trinajstić information content (AvgIpc) is 3.13. The van der Waals surface area contributed by atoms with Gasteiger partial charge in [0.15, 0.2) is 0 Å². The second-order valence-corrected chi connectivity index (χ2v) is 5.26. The number of imidazole rings is 1. The minimum absolute atomic E-state index is 0.0512. The predicted octanol–water partition coefficient (Wildman–Crippen LogP) is 4.03. The third-order valence-electron chi connectivity index (χ3n) is 3.63. The highest BCUT2D eigenvalue weighted by atomic mass is 35.5. The highest BCUT2D eigenvalue weighted by molar-refractivity contribution is 6.17. The lowest BCUT2D eigenvalue weighted by Gasteiger charge is -2.15. The lowest BCUT2D eigenvalue weighted by Crippen LogP contribution is -2.10. The number of benzene rings is 1. The van der Waals surface area contributed by atoms with E-state index in [9.17, 15) is 0 Å². The molecule has 0 saturated heterocycles. The van der Waals surface area contributed by atoms with Crippen LogP contribution in [0.2, 0.25) is 0 Å². The number of alkyl halides is 1. The monoisotopic (exact) mass is 304 g/mol. The number of ether oxygens (including phenoxy) is 1. The topological polar surface area (TPSA) is 40.2 Å². The van der Waals surface area contributed by atoms with E-state index in [4.69, 9.17) is 25.7 Å². The summed E-state index contributed by atoms with van der Waals surface area (Å²) in [7, 11) is 1.66. The van der Waals surface area contributed by atoms with Crippen LogP contribution in [-0.2, 0) is 6.42 Å². The quantitative estimate of drug-likeness (QED) is 0.668. The Hall–Kier alpha value is -1.94. The van der Waals surface area contributed by atoms with E-state index in [1.807, 2.05) is 30.3 Å². The molecule has 1 unspecified atom stereocenters. The van der Waals surface area contributed by atoms with E-state index in [0.717, 1.165) is 28.4 Å². The van der Waals surface area contributed by atoms with Crippen LogP contribution in [0, 0.1) is 0 Å². The third-order valence-corrected chi connectivity index (χ3v) is 3.82. The summed E-state index contributed by atoms with van der Waals surface area (Å²) in [5.74, 6) is 3.20. The predicted molar refractivity (Wildman–Crippen MR) is 83.2 cm³/mol. The molecule has 2 heterocycles. The summed E-state index contributed by atoms with van der Waals surface area (Å²) in [5.41, 5.74) is 1.97. The summed E-state index contributed by atoms with van der Waals surface area (Å²) < 4.78 is 13.0. The zero-order chi connectivity index (χ0) is 14.8. The maximum Gasteiger partial charge on any atom is 0.126 e. The van der Waals surface area contributed by atoms with Gasteiger partial charge in [-0.25, -0.2) is 4.98 Å². The molecule has 0 aliphatic heterocycles. The van der Waals surface area contributed by atoms with Crippen LogP contribution in [0.1, 0.15) is 24.6 Å². The zero-order valence-electron chi connectivity index (χ0n) is 12.0. The molecule has 0 bridgehead atoms. The van der Waals surface area contributed by atoms with Gasteiger partial charge < -0.3 is 13.7 Å². The Morgan fingerprint density at radius 1 is 1.38 bits per heavy atom. The summed E-state index contributed by atoms with van der Waals surface area (Å²) >= 11 is 5.92. The fourth-order valence-electron chi connectivity index (χ4n) is 2.60. The van der Waals surface area contributed by atoms with Crippen molar-refractivity contribution in [3.8, 4) is 5.75 Å². The van der Waals surface area contributed by atoms with Gasteiger partial charge in [-0.3, -0.25) is 0 Å². The summed E-state index contributed by atoms with van der Waals surface area (Å²) in [5, 5.41) is 0. The van der Waals surface area contributed by atoms with E-state index in [1.54, 1.807) is 13.4 Å². The van der Waals surface area contributed by atoms with Crippen molar-refractivity contribution in [2.45, 2.75) is 19.4 Å². The molecule has 5 heteroatoms. The fourth-order valence-corrected chi connectivity index (χ4v) is 2.77. The van der Waals surface area contributed by atoms with E-state index >= 15 is 0 Å². The number of rotatable bonds is 5. The number of furan rings is 1. The Morgan fingerprint density at radius 3 is 2.90 bits per heavy atom. The Morgan fingerprint density at radius 2 is 2.24 bits per heavy atom. The number of nitrogens with zero attached hydrogens (tertiary/aromatic N) is 2. The van der Waals surface area contributed by atoms with Crippen LogP contribution in [0.25, 0.3) is 11.0 Å². The first-order valence-corrected chi connectivity index (χ1v) is 7.42. The SMILES string of the molecule is COc1ccc2nc(CCCl)n(C(C)c3ccco3)c2c1. The van der Waals surface area contributed by atoms with E-state index in [0.29, 0.717) is 12.3 Å². The van der Waals surface area contributed by atoms with Crippen molar-refractivity contribution in [3.05, 3.63) is 48.2 Å². The number of hydrogen-bond acceptors (Lipinski definition) is 3. The molecule has 0 aliphatic carbocycles. The number of aromatic nitrogens is 2. The molecular formula is C16H17ClN2O2. The van der Waals surface area contributed by atoms with E-state index < -0.39 is 0 Å².